The van der Waals surface area contributed by atoms with E-state index in [9.17, 15) is 13.2 Å². The molecule has 0 aliphatic carbocycles. The van der Waals surface area contributed by atoms with Crippen molar-refractivity contribution in [2.24, 2.45) is 5.73 Å². The Labute approximate surface area is 73.4 Å². The molecule has 1 rings (SSSR count). The molecular weight excluding hydrogens is 185 g/mol. The van der Waals surface area contributed by atoms with Crippen molar-refractivity contribution < 1.29 is 13.2 Å². The topological polar surface area (TPSA) is 65.1 Å². The van der Waals surface area contributed by atoms with Crippen LogP contribution < -0.4 is 11.1 Å². The zero-order valence-electron chi connectivity index (χ0n) is 6.86. The lowest BCUT2D eigenvalue weighted by Crippen LogP contribution is -2.60. The van der Waals surface area contributed by atoms with Gasteiger partial charge in [0.05, 0.1) is 6.17 Å². The third-order valence-corrected chi connectivity index (χ3v) is 1.84. The molecule has 4 N–H and O–H groups in total. The van der Waals surface area contributed by atoms with E-state index in [2.05, 4.69) is 5.32 Å². The summed E-state index contributed by atoms with van der Waals surface area (Å²) in [6.07, 6.45) is -5.36. The molecule has 1 atom stereocenters. The molecule has 1 heterocycles. The number of alkyl halides is 3. The van der Waals surface area contributed by atoms with Crippen LogP contribution in [-0.4, -0.2) is 42.7 Å². The first-order valence-electron chi connectivity index (χ1n) is 3.81. The van der Waals surface area contributed by atoms with Crippen molar-refractivity contribution in [3.8, 4) is 0 Å². The van der Waals surface area contributed by atoms with Crippen LogP contribution in [0.25, 0.3) is 0 Å². The molecule has 7 heteroatoms. The van der Waals surface area contributed by atoms with E-state index in [4.69, 9.17) is 11.1 Å². The van der Waals surface area contributed by atoms with Crippen LogP contribution in [0, 0.1) is 5.41 Å². The Hall–Kier alpha value is -0.820. The zero-order chi connectivity index (χ0) is 10.1. The van der Waals surface area contributed by atoms with Crippen molar-refractivity contribution >= 4 is 5.84 Å². The van der Waals surface area contributed by atoms with E-state index >= 15 is 0 Å². The summed E-state index contributed by atoms with van der Waals surface area (Å²) in [4.78, 5) is 0.858. The molecule has 0 aromatic rings. The van der Waals surface area contributed by atoms with Gasteiger partial charge in [0.1, 0.15) is 0 Å². The maximum Gasteiger partial charge on any atom is 0.448 e. The summed E-state index contributed by atoms with van der Waals surface area (Å²) in [5.74, 6) is -1.36. The number of piperazine rings is 1. The predicted octanol–water partition coefficient (Wildman–Crippen LogP) is -0.284. The van der Waals surface area contributed by atoms with Crippen LogP contribution in [0.2, 0.25) is 0 Å². The molecule has 76 valence electrons. The van der Waals surface area contributed by atoms with Crippen molar-refractivity contribution in [1.82, 2.24) is 10.2 Å². The van der Waals surface area contributed by atoms with Gasteiger partial charge in [0, 0.05) is 19.6 Å². The van der Waals surface area contributed by atoms with Gasteiger partial charge in [-0.2, -0.15) is 13.2 Å². The van der Waals surface area contributed by atoms with E-state index in [1.165, 1.54) is 0 Å². The Balaban J connectivity index is 2.64. The first-order valence-corrected chi connectivity index (χ1v) is 3.81. The standard InChI is InChI=1S/C6H11F3N4/c7-6(8,9)5(11)13-2-1-12-3-4(13)10/h4,11-12H,1-3,10H2. The normalized spacial score (nSPS) is 24.6. The highest BCUT2D eigenvalue weighted by molar-refractivity contribution is 5.85. The minimum Gasteiger partial charge on any atom is -0.335 e. The minimum atomic E-state index is -4.60. The average Bonchev–Trinajstić information content (AvgIpc) is 2.02. The monoisotopic (exact) mass is 196 g/mol. The van der Waals surface area contributed by atoms with Gasteiger partial charge in [-0.05, 0) is 0 Å². The van der Waals surface area contributed by atoms with Gasteiger partial charge in [-0.3, -0.25) is 5.41 Å². The number of amidine groups is 1. The van der Waals surface area contributed by atoms with Crippen LogP contribution in [0.15, 0.2) is 0 Å². The Morgan fingerprint density at radius 1 is 1.54 bits per heavy atom. The first kappa shape index (κ1) is 10.3. The molecule has 0 bridgehead atoms. The number of rotatable bonds is 0. The summed E-state index contributed by atoms with van der Waals surface area (Å²) in [6.45, 7) is 0.824. The van der Waals surface area contributed by atoms with Crippen LogP contribution in [0.1, 0.15) is 0 Å². The highest BCUT2D eigenvalue weighted by atomic mass is 19.4. The van der Waals surface area contributed by atoms with Crippen molar-refractivity contribution in [2.75, 3.05) is 19.6 Å². The summed E-state index contributed by atoms with van der Waals surface area (Å²) >= 11 is 0. The maximum atomic E-state index is 12.1. The second kappa shape index (κ2) is 3.51. The third kappa shape index (κ3) is 2.31. The molecule has 1 aliphatic heterocycles. The van der Waals surface area contributed by atoms with Crippen molar-refractivity contribution in [2.45, 2.75) is 12.3 Å². The number of nitrogens with one attached hydrogen (secondary N) is 2. The van der Waals surface area contributed by atoms with Crippen LogP contribution in [-0.2, 0) is 0 Å². The van der Waals surface area contributed by atoms with Gasteiger partial charge in [-0.25, -0.2) is 0 Å². The molecule has 0 aromatic carbocycles. The molecule has 1 unspecified atom stereocenters. The molecule has 1 fully saturated rings. The zero-order valence-corrected chi connectivity index (χ0v) is 6.86. The summed E-state index contributed by atoms with van der Waals surface area (Å²) in [6, 6.07) is 0. The number of nitrogens with two attached hydrogens (primary N) is 1. The summed E-state index contributed by atoms with van der Waals surface area (Å²) in [7, 11) is 0. The first-order chi connectivity index (χ1) is 5.93. The molecule has 13 heavy (non-hydrogen) atoms. The van der Waals surface area contributed by atoms with E-state index in [-0.39, 0.29) is 13.1 Å². The lowest BCUT2D eigenvalue weighted by Gasteiger charge is -2.35. The SMILES string of the molecule is N=C(N1CCNCC1N)C(F)(F)F. The van der Waals surface area contributed by atoms with Gasteiger partial charge < -0.3 is 16.0 Å². The summed E-state index contributed by atoms with van der Waals surface area (Å²) < 4.78 is 36.2. The van der Waals surface area contributed by atoms with E-state index in [0.717, 1.165) is 4.90 Å². The van der Waals surface area contributed by atoms with Gasteiger partial charge in [0.15, 0.2) is 0 Å². The van der Waals surface area contributed by atoms with E-state index < -0.39 is 18.2 Å². The second-order valence-electron chi connectivity index (χ2n) is 2.81. The van der Waals surface area contributed by atoms with Gasteiger partial charge in [0.25, 0.3) is 0 Å². The van der Waals surface area contributed by atoms with Gasteiger partial charge >= 0.3 is 6.18 Å². The minimum absolute atomic E-state index is 0.125. The van der Waals surface area contributed by atoms with Crippen LogP contribution in [0.5, 0.6) is 0 Å². The Morgan fingerprint density at radius 2 is 2.15 bits per heavy atom. The highest BCUT2D eigenvalue weighted by Crippen LogP contribution is 2.19. The van der Waals surface area contributed by atoms with Gasteiger partial charge in [-0.1, -0.05) is 0 Å². The van der Waals surface area contributed by atoms with Crippen LogP contribution in [0.4, 0.5) is 13.2 Å². The maximum absolute atomic E-state index is 12.1. The number of nitrogens with zero attached hydrogens (tertiary/aromatic N) is 1. The fourth-order valence-corrected chi connectivity index (χ4v) is 1.17. The second-order valence-corrected chi connectivity index (χ2v) is 2.81. The van der Waals surface area contributed by atoms with Crippen molar-refractivity contribution in [3.05, 3.63) is 0 Å². The van der Waals surface area contributed by atoms with Gasteiger partial charge in [0.2, 0.25) is 5.84 Å². The number of hydrogen-bond donors (Lipinski definition) is 3. The van der Waals surface area contributed by atoms with Crippen molar-refractivity contribution in [3.63, 3.8) is 0 Å². The molecule has 0 amide bonds. The van der Waals surface area contributed by atoms with Crippen LogP contribution in [0.3, 0.4) is 0 Å². The predicted molar refractivity (Wildman–Crippen MR) is 41.3 cm³/mol. The van der Waals surface area contributed by atoms with E-state index in [0.29, 0.717) is 6.54 Å². The third-order valence-electron chi connectivity index (χ3n) is 1.84. The Kier molecular flexibility index (Phi) is 2.77. The molecule has 0 aromatic heterocycles. The molecule has 0 spiro atoms. The molecular formula is C6H11F3N4. The number of halogens is 3. The molecule has 4 nitrogen and oxygen atoms in total. The molecule has 1 saturated heterocycles. The average molecular weight is 196 g/mol. The quantitative estimate of drug-likeness (QED) is 0.368. The smallest absolute Gasteiger partial charge is 0.335 e. The van der Waals surface area contributed by atoms with E-state index in [1.807, 2.05) is 0 Å². The highest BCUT2D eigenvalue weighted by Gasteiger charge is 2.40. The summed E-state index contributed by atoms with van der Waals surface area (Å²) in [5, 5.41) is 9.70. The Bertz CT molecular complexity index is 203. The number of hydrogen-bond acceptors (Lipinski definition) is 3. The van der Waals surface area contributed by atoms with Gasteiger partial charge in [-0.15, -0.1) is 0 Å². The summed E-state index contributed by atoms with van der Waals surface area (Å²) in [5.41, 5.74) is 5.40. The van der Waals surface area contributed by atoms with Crippen LogP contribution >= 0.6 is 0 Å². The largest absolute Gasteiger partial charge is 0.448 e. The molecule has 0 radical (unpaired) electrons. The molecule has 1 aliphatic rings. The van der Waals surface area contributed by atoms with Crippen molar-refractivity contribution in [1.29, 1.82) is 5.41 Å². The Morgan fingerprint density at radius 3 is 2.62 bits per heavy atom. The fourth-order valence-electron chi connectivity index (χ4n) is 1.17. The van der Waals surface area contributed by atoms with E-state index in [1.54, 1.807) is 0 Å². The lowest BCUT2D eigenvalue weighted by atomic mass is 10.3. The molecule has 0 saturated carbocycles. The fraction of sp³-hybridized carbons (Fsp3) is 0.833. The lowest BCUT2D eigenvalue weighted by molar-refractivity contribution is -0.0725.